The Morgan fingerprint density at radius 1 is 1.40 bits per heavy atom. The maximum Gasteiger partial charge on any atom is 0.354 e. The summed E-state index contributed by atoms with van der Waals surface area (Å²) in [4.78, 5) is 14.6. The fraction of sp³-hybridized carbons (Fsp3) is 0.0714. The van der Waals surface area contributed by atoms with Crippen LogP contribution in [0, 0.1) is 17.1 Å². The van der Waals surface area contributed by atoms with Crippen molar-refractivity contribution in [2.24, 2.45) is 0 Å². The molecule has 2 rings (SSSR count). The Morgan fingerprint density at radius 2 is 2.20 bits per heavy atom. The number of nitrogens with zero attached hydrogens (tertiary/aromatic N) is 2. The minimum Gasteiger partial charge on any atom is -0.487 e. The Labute approximate surface area is 113 Å². The first-order chi connectivity index (χ1) is 9.60. The zero-order valence-corrected chi connectivity index (χ0v) is 10.2. The molecule has 1 aromatic carbocycles. The highest BCUT2D eigenvalue weighted by Gasteiger charge is 2.07. The second kappa shape index (κ2) is 5.80. The maximum absolute atomic E-state index is 13.4. The molecule has 0 unspecified atom stereocenters. The molecule has 20 heavy (non-hydrogen) atoms. The van der Waals surface area contributed by atoms with Crippen molar-refractivity contribution in [2.45, 2.75) is 6.61 Å². The molecule has 2 aromatic rings. The molecule has 0 radical (unpaired) electrons. The third-order valence-corrected chi connectivity index (χ3v) is 2.47. The van der Waals surface area contributed by atoms with E-state index in [0.29, 0.717) is 5.69 Å². The van der Waals surface area contributed by atoms with Crippen LogP contribution in [0.3, 0.4) is 0 Å². The zero-order chi connectivity index (χ0) is 14.5. The number of aromatic nitrogens is 1. The van der Waals surface area contributed by atoms with Crippen molar-refractivity contribution >= 4 is 5.97 Å². The largest absolute Gasteiger partial charge is 0.487 e. The fourth-order valence-corrected chi connectivity index (χ4v) is 1.51. The lowest BCUT2D eigenvalue weighted by Crippen LogP contribution is -2.05. The summed E-state index contributed by atoms with van der Waals surface area (Å²) in [6, 6.07) is 10.1. The van der Waals surface area contributed by atoms with Crippen molar-refractivity contribution in [3.8, 4) is 11.8 Å². The lowest BCUT2D eigenvalue weighted by atomic mass is 10.2. The molecule has 0 aliphatic heterocycles. The molecule has 0 aliphatic rings. The van der Waals surface area contributed by atoms with Crippen LogP contribution in [0.2, 0.25) is 0 Å². The number of hydrogen-bond acceptors (Lipinski definition) is 4. The third-order valence-electron chi connectivity index (χ3n) is 2.47. The van der Waals surface area contributed by atoms with Gasteiger partial charge in [0, 0.05) is 6.07 Å². The van der Waals surface area contributed by atoms with Gasteiger partial charge in [0.2, 0.25) is 0 Å². The smallest absolute Gasteiger partial charge is 0.354 e. The van der Waals surface area contributed by atoms with E-state index in [2.05, 4.69) is 4.98 Å². The average Bonchev–Trinajstić information content (AvgIpc) is 2.45. The van der Waals surface area contributed by atoms with Crippen molar-refractivity contribution in [3.63, 3.8) is 0 Å². The van der Waals surface area contributed by atoms with E-state index >= 15 is 0 Å². The van der Waals surface area contributed by atoms with E-state index < -0.39 is 11.8 Å². The molecule has 0 saturated carbocycles. The Balaban J connectivity index is 2.09. The van der Waals surface area contributed by atoms with Crippen molar-refractivity contribution in [3.05, 3.63) is 59.2 Å². The molecule has 0 spiro atoms. The van der Waals surface area contributed by atoms with Crippen molar-refractivity contribution < 1.29 is 19.0 Å². The molecule has 0 atom stereocenters. The number of ether oxygens (including phenoxy) is 1. The Bertz CT molecular complexity index is 695. The standard InChI is InChI=1S/C14H9FN2O3/c15-12-6-11(5-4-9(12)7-16)20-8-10-2-1-3-13(17-10)14(18)19/h1-6H,8H2,(H,18,19). The van der Waals surface area contributed by atoms with Gasteiger partial charge in [0.05, 0.1) is 11.3 Å². The quantitative estimate of drug-likeness (QED) is 0.923. The van der Waals surface area contributed by atoms with Crippen LogP contribution in [-0.4, -0.2) is 16.1 Å². The van der Waals surface area contributed by atoms with Crippen LogP contribution >= 0.6 is 0 Å². The Kier molecular flexibility index (Phi) is 3.91. The lowest BCUT2D eigenvalue weighted by Gasteiger charge is -2.06. The van der Waals surface area contributed by atoms with Crippen LogP contribution in [0.5, 0.6) is 5.75 Å². The summed E-state index contributed by atoms with van der Waals surface area (Å²) >= 11 is 0. The van der Waals surface area contributed by atoms with E-state index in [0.717, 1.165) is 6.07 Å². The summed E-state index contributed by atoms with van der Waals surface area (Å²) in [5, 5.41) is 17.4. The van der Waals surface area contributed by atoms with Crippen LogP contribution < -0.4 is 4.74 Å². The summed E-state index contributed by atoms with van der Waals surface area (Å²) in [5.74, 6) is -1.56. The Hall–Kier alpha value is -2.94. The zero-order valence-electron chi connectivity index (χ0n) is 10.2. The second-order valence-electron chi connectivity index (χ2n) is 3.86. The van der Waals surface area contributed by atoms with Crippen LogP contribution in [0.1, 0.15) is 21.7 Å². The van der Waals surface area contributed by atoms with Crippen molar-refractivity contribution in [1.29, 1.82) is 5.26 Å². The van der Waals surface area contributed by atoms with Gasteiger partial charge in [0.25, 0.3) is 0 Å². The number of nitriles is 1. The van der Waals surface area contributed by atoms with Crippen molar-refractivity contribution in [1.82, 2.24) is 4.98 Å². The first kappa shape index (κ1) is 13.5. The first-order valence-electron chi connectivity index (χ1n) is 5.62. The van der Waals surface area contributed by atoms with E-state index in [-0.39, 0.29) is 23.6 Å². The van der Waals surface area contributed by atoms with Gasteiger partial charge < -0.3 is 9.84 Å². The minimum absolute atomic E-state index is 0.00641. The van der Waals surface area contributed by atoms with Gasteiger partial charge in [0.1, 0.15) is 29.9 Å². The number of benzene rings is 1. The summed E-state index contributed by atoms with van der Waals surface area (Å²) < 4.78 is 18.7. The predicted octanol–water partition coefficient (Wildman–Crippen LogP) is 2.37. The van der Waals surface area contributed by atoms with Gasteiger partial charge in [0.15, 0.2) is 0 Å². The lowest BCUT2D eigenvalue weighted by molar-refractivity contribution is 0.0690. The van der Waals surface area contributed by atoms with Gasteiger partial charge in [-0.15, -0.1) is 0 Å². The number of hydrogen-bond donors (Lipinski definition) is 1. The molecule has 1 aromatic heterocycles. The number of halogens is 1. The molecule has 5 nitrogen and oxygen atoms in total. The molecule has 0 aliphatic carbocycles. The van der Waals surface area contributed by atoms with E-state index in [9.17, 15) is 9.18 Å². The third kappa shape index (κ3) is 3.09. The summed E-state index contributed by atoms with van der Waals surface area (Å²) in [6.45, 7) is 0.00641. The van der Waals surface area contributed by atoms with Gasteiger partial charge >= 0.3 is 5.97 Å². The van der Waals surface area contributed by atoms with Crippen LogP contribution in [0.15, 0.2) is 36.4 Å². The fourth-order valence-electron chi connectivity index (χ4n) is 1.51. The normalized spacial score (nSPS) is 9.80. The van der Waals surface area contributed by atoms with E-state index in [4.69, 9.17) is 15.1 Å². The van der Waals surface area contributed by atoms with Gasteiger partial charge in [-0.25, -0.2) is 14.2 Å². The second-order valence-corrected chi connectivity index (χ2v) is 3.86. The number of carboxylic acid groups (broad SMARTS) is 1. The van der Waals surface area contributed by atoms with Gasteiger partial charge in [-0.1, -0.05) is 6.07 Å². The SMILES string of the molecule is N#Cc1ccc(OCc2cccc(C(=O)O)n2)cc1F. The van der Waals surface area contributed by atoms with Crippen molar-refractivity contribution in [2.75, 3.05) is 0 Å². The van der Waals surface area contributed by atoms with Crippen LogP contribution in [-0.2, 0) is 6.61 Å². The summed E-state index contributed by atoms with van der Waals surface area (Å²) in [5.41, 5.74) is 0.259. The number of rotatable bonds is 4. The van der Waals surface area contributed by atoms with E-state index in [1.54, 1.807) is 18.2 Å². The molecule has 0 saturated heterocycles. The first-order valence-corrected chi connectivity index (χ1v) is 5.62. The van der Waals surface area contributed by atoms with E-state index in [1.165, 1.54) is 18.2 Å². The monoisotopic (exact) mass is 272 g/mol. The number of aromatic carboxylic acids is 1. The highest BCUT2D eigenvalue weighted by molar-refractivity contribution is 5.85. The van der Waals surface area contributed by atoms with Crippen LogP contribution in [0.25, 0.3) is 0 Å². The molecule has 1 heterocycles. The van der Waals surface area contributed by atoms with Gasteiger partial charge in [-0.3, -0.25) is 0 Å². The van der Waals surface area contributed by atoms with E-state index in [1.807, 2.05) is 0 Å². The number of carbonyl (C=O) groups is 1. The summed E-state index contributed by atoms with van der Waals surface area (Å²) in [7, 11) is 0. The molecule has 100 valence electrons. The molecule has 0 bridgehead atoms. The molecule has 6 heteroatoms. The average molecular weight is 272 g/mol. The Morgan fingerprint density at radius 3 is 2.85 bits per heavy atom. The predicted molar refractivity (Wildman–Crippen MR) is 66.6 cm³/mol. The highest BCUT2D eigenvalue weighted by atomic mass is 19.1. The minimum atomic E-state index is -1.13. The molecular weight excluding hydrogens is 263 g/mol. The topological polar surface area (TPSA) is 83.2 Å². The summed E-state index contributed by atoms with van der Waals surface area (Å²) in [6.07, 6.45) is 0. The highest BCUT2D eigenvalue weighted by Crippen LogP contribution is 2.17. The molecule has 0 amide bonds. The number of pyridine rings is 1. The molecular formula is C14H9FN2O3. The maximum atomic E-state index is 13.4. The number of carboxylic acids is 1. The van der Waals surface area contributed by atoms with Gasteiger partial charge in [-0.2, -0.15) is 5.26 Å². The molecule has 1 N–H and O–H groups in total. The van der Waals surface area contributed by atoms with Crippen LogP contribution in [0.4, 0.5) is 4.39 Å². The van der Waals surface area contributed by atoms with Gasteiger partial charge in [-0.05, 0) is 24.3 Å². The molecule has 0 fully saturated rings.